The fraction of sp³-hybridized carbons (Fsp3) is 0.429. The molecule has 3 rings (SSSR count). The lowest BCUT2D eigenvalue weighted by molar-refractivity contribution is -0.138. The van der Waals surface area contributed by atoms with Gasteiger partial charge in [-0.2, -0.15) is 26.3 Å². The smallest absolute Gasteiger partial charge is 0.294 e. The number of ketones is 1. The number of nitrogens with zero attached hydrogens (tertiary/aromatic N) is 3. The van der Waals surface area contributed by atoms with Gasteiger partial charge in [0.25, 0.3) is 0 Å². The predicted molar refractivity (Wildman–Crippen MR) is 102 cm³/mol. The Morgan fingerprint density at radius 2 is 1.66 bits per heavy atom. The normalized spacial score (nSPS) is 19.7. The Bertz CT molecular complexity index is 1000. The molecule has 1 amide bonds. The van der Waals surface area contributed by atoms with Gasteiger partial charge in [0, 0.05) is 30.9 Å². The summed E-state index contributed by atoms with van der Waals surface area (Å²) in [4.78, 5) is 34.1. The molecular weight excluding hydrogens is 440 g/mol. The van der Waals surface area contributed by atoms with E-state index in [9.17, 15) is 35.9 Å². The molecule has 1 aliphatic heterocycles. The summed E-state index contributed by atoms with van der Waals surface area (Å²) in [5, 5.41) is 0. The molecule has 1 aliphatic rings. The van der Waals surface area contributed by atoms with Gasteiger partial charge in [-0.1, -0.05) is 26.0 Å². The topological polar surface area (TPSA) is 63.2 Å². The molecule has 5 nitrogen and oxygen atoms in total. The quantitative estimate of drug-likeness (QED) is 0.465. The second kappa shape index (κ2) is 8.51. The van der Waals surface area contributed by atoms with Crippen molar-refractivity contribution < 1.29 is 35.9 Å². The number of benzene rings is 1. The molecule has 2 aromatic rings. The van der Waals surface area contributed by atoms with Crippen LogP contribution in [-0.4, -0.2) is 28.2 Å². The maximum atomic E-state index is 13.0. The minimum atomic E-state index is -4.63. The van der Waals surface area contributed by atoms with Crippen molar-refractivity contribution in [3.05, 3.63) is 53.3 Å². The van der Waals surface area contributed by atoms with Gasteiger partial charge >= 0.3 is 12.4 Å². The van der Waals surface area contributed by atoms with Crippen molar-refractivity contribution in [1.29, 1.82) is 0 Å². The number of alkyl halides is 6. The van der Waals surface area contributed by atoms with Crippen molar-refractivity contribution in [3.63, 3.8) is 0 Å². The average Bonchev–Trinajstić information content (AvgIpc) is 3.03. The Kier molecular flexibility index (Phi) is 6.30. The van der Waals surface area contributed by atoms with Crippen molar-refractivity contribution >= 4 is 17.6 Å². The zero-order valence-electron chi connectivity index (χ0n) is 17.0. The summed E-state index contributed by atoms with van der Waals surface area (Å²) in [5.74, 6) is -2.70. The van der Waals surface area contributed by atoms with Crippen LogP contribution < -0.4 is 4.90 Å². The van der Waals surface area contributed by atoms with E-state index in [0.717, 1.165) is 23.1 Å². The van der Waals surface area contributed by atoms with Crippen molar-refractivity contribution in [2.75, 3.05) is 11.4 Å². The van der Waals surface area contributed by atoms with E-state index in [1.807, 2.05) is 13.8 Å². The van der Waals surface area contributed by atoms with E-state index < -0.39 is 41.1 Å². The first-order valence-corrected chi connectivity index (χ1v) is 9.70. The number of anilines is 1. The molecule has 0 spiro atoms. The number of carbonyl (C=O) groups excluding carboxylic acids is 2. The summed E-state index contributed by atoms with van der Waals surface area (Å²) in [7, 11) is 0. The van der Waals surface area contributed by atoms with E-state index in [1.165, 1.54) is 6.07 Å². The maximum absolute atomic E-state index is 13.0. The largest absolute Gasteiger partial charge is 0.419 e. The van der Waals surface area contributed by atoms with Crippen LogP contribution in [0.4, 0.5) is 32.3 Å². The van der Waals surface area contributed by atoms with E-state index in [-0.39, 0.29) is 36.3 Å². The van der Waals surface area contributed by atoms with Gasteiger partial charge in [-0.05, 0) is 24.0 Å². The highest BCUT2D eigenvalue weighted by molar-refractivity contribution is 6.03. The molecule has 11 heteroatoms. The van der Waals surface area contributed by atoms with Gasteiger partial charge < -0.3 is 0 Å². The summed E-state index contributed by atoms with van der Waals surface area (Å²) in [6.07, 6.45) is -8.44. The van der Waals surface area contributed by atoms with Crippen LogP contribution in [0.25, 0.3) is 0 Å². The average molecular weight is 459 g/mol. The summed E-state index contributed by atoms with van der Waals surface area (Å²) >= 11 is 0. The molecule has 0 aliphatic carbocycles. The van der Waals surface area contributed by atoms with Gasteiger partial charge in [0.05, 0.1) is 17.0 Å². The minimum Gasteiger partial charge on any atom is -0.294 e. The Balaban J connectivity index is 1.83. The van der Waals surface area contributed by atoms with Crippen LogP contribution in [0.1, 0.15) is 41.8 Å². The Morgan fingerprint density at radius 3 is 2.19 bits per heavy atom. The van der Waals surface area contributed by atoms with Crippen molar-refractivity contribution in [3.8, 4) is 0 Å². The van der Waals surface area contributed by atoms with Crippen LogP contribution in [-0.2, 0) is 17.1 Å². The van der Waals surface area contributed by atoms with Gasteiger partial charge in [0.1, 0.15) is 0 Å². The lowest BCUT2D eigenvalue weighted by atomic mass is 9.82. The number of aromatic nitrogens is 2. The van der Waals surface area contributed by atoms with Crippen LogP contribution in [0.3, 0.4) is 0 Å². The zero-order valence-corrected chi connectivity index (χ0v) is 17.0. The molecule has 2 heterocycles. The van der Waals surface area contributed by atoms with Crippen LogP contribution in [0.2, 0.25) is 0 Å². The number of Topliss-reactive ketones (excluding diaryl/α,β-unsaturated/α-hetero) is 1. The molecule has 0 saturated carbocycles. The summed E-state index contributed by atoms with van der Waals surface area (Å²) < 4.78 is 77.1. The molecule has 0 bridgehead atoms. The van der Waals surface area contributed by atoms with Crippen molar-refractivity contribution in [1.82, 2.24) is 9.97 Å². The second-order valence-electron chi connectivity index (χ2n) is 7.94. The third kappa shape index (κ3) is 4.91. The van der Waals surface area contributed by atoms with E-state index >= 15 is 0 Å². The van der Waals surface area contributed by atoms with Gasteiger partial charge in [0.2, 0.25) is 11.9 Å². The molecule has 1 aromatic carbocycles. The highest BCUT2D eigenvalue weighted by Gasteiger charge is 2.44. The first-order valence-electron chi connectivity index (χ1n) is 9.70. The first kappa shape index (κ1) is 23.7. The predicted octanol–water partition coefficient (Wildman–Crippen LogP) is 5.02. The molecule has 0 N–H and O–H groups in total. The van der Waals surface area contributed by atoms with Crippen LogP contribution in [0, 0.1) is 17.8 Å². The summed E-state index contributed by atoms with van der Waals surface area (Å²) in [5.41, 5.74) is -2.20. The number of hydrogen-bond donors (Lipinski definition) is 0. The number of carbonyl (C=O) groups is 2. The fourth-order valence-corrected chi connectivity index (χ4v) is 3.70. The third-order valence-corrected chi connectivity index (χ3v) is 5.47. The number of rotatable bonds is 5. The lowest BCUT2D eigenvalue weighted by Crippen LogP contribution is -2.29. The first-order chi connectivity index (χ1) is 14.8. The monoisotopic (exact) mass is 459 g/mol. The van der Waals surface area contributed by atoms with Gasteiger partial charge in [-0.3, -0.25) is 14.5 Å². The minimum absolute atomic E-state index is 0.0855. The molecule has 1 unspecified atom stereocenters. The van der Waals surface area contributed by atoms with E-state index in [0.29, 0.717) is 12.4 Å². The Hall–Kier alpha value is -2.98. The number of amides is 1. The molecule has 32 heavy (non-hydrogen) atoms. The van der Waals surface area contributed by atoms with Gasteiger partial charge in [0.15, 0.2) is 5.78 Å². The molecule has 2 atom stereocenters. The van der Waals surface area contributed by atoms with Crippen molar-refractivity contribution in [2.24, 2.45) is 17.8 Å². The summed E-state index contributed by atoms with van der Waals surface area (Å²) in [6, 6.07) is 3.95. The maximum Gasteiger partial charge on any atom is 0.419 e. The molecule has 0 radical (unpaired) electrons. The third-order valence-electron chi connectivity index (χ3n) is 5.47. The van der Waals surface area contributed by atoms with E-state index in [1.54, 1.807) is 0 Å². The molecule has 1 fully saturated rings. The Labute approximate surface area is 179 Å². The molecule has 1 aromatic heterocycles. The van der Waals surface area contributed by atoms with E-state index in [4.69, 9.17) is 0 Å². The van der Waals surface area contributed by atoms with Crippen LogP contribution >= 0.6 is 0 Å². The fourth-order valence-electron chi connectivity index (χ4n) is 3.70. The highest BCUT2D eigenvalue weighted by Crippen LogP contribution is 2.37. The zero-order chi connectivity index (χ0) is 23.8. The van der Waals surface area contributed by atoms with Crippen molar-refractivity contribution in [2.45, 2.75) is 32.6 Å². The second-order valence-corrected chi connectivity index (χ2v) is 7.94. The molecule has 1 saturated heterocycles. The molecular formula is C21H19F6N3O2. The lowest BCUT2D eigenvalue weighted by Gasteiger charge is -2.19. The van der Waals surface area contributed by atoms with Crippen LogP contribution in [0.15, 0.2) is 36.7 Å². The standard InChI is InChI=1S/C21H19F6N3O2/c1-11(2)16-10-30(19-28-8-14(9-29-19)21(25,26)27)18(32)15(16)7-17(31)12-4-3-5-13(6-12)20(22,23)24/h3-6,8-9,11,15-16H,7,10H2,1-2H3/t15?,16-/m1/s1. The van der Waals surface area contributed by atoms with Gasteiger partial charge in [-0.25, -0.2) is 9.97 Å². The van der Waals surface area contributed by atoms with Gasteiger partial charge in [-0.15, -0.1) is 0 Å². The molecule has 172 valence electrons. The van der Waals surface area contributed by atoms with E-state index in [2.05, 4.69) is 9.97 Å². The van der Waals surface area contributed by atoms with Crippen LogP contribution in [0.5, 0.6) is 0 Å². The SMILES string of the molecule is CC(C)[C@H]1CN(c2ncc(C(F)(F)F)cn2)C(=O)C1CC(=O)c1cccc(C(F)(F)F)c1. The number of halogens is 6. The number of hydrogen-bond acceptors (Lipinski definition) is 4. The Morgan fingerprint density at radius 1 is 1.06 bits per heavy atom. The highest BCUT2D eigenvalue weighted by atomic mass is 19.4. The summed E-state index contributed by atoms with van der Waals surface area (Å²) in [6.45, 7) is 3.72.